The third-order valence-electron chi connectivity index (χ3n) is 5.39. The highest BCUT2D eigenvalue weighted by Gasteiger charge is 2.29. The summed E-state index contributed by atoms with van der Waals surface area (Å²) in [5.74, 6) is -2.26. The van der Waals surface area contributed by atoms with Crippen LogP contribution in [0.15, 0.2) is 54.6 Å². The number of hydrogen-bond donors (Lipinski definition) is 3. The van der Waals surface area contributed by atoms with Crippen LogP contribution < -0.4 is 10.6 Å². The first kappa shape index (κ1) is 26.4. The van der Waals surface area contributed by atoms with Gasteiger partial charge in [0.15, 0.2) is 5.78 Å². The van der Waals surface area contributed by atoms with Crippen molar-refractivity contribution in [2.75, 3.05) is 7.05 Å². The number of Topliss-reactive ketones (excluding diaryl/α,β-unsaturated/α-hetero) is 1. The van der Waals surface area contributed by atoms with Gasteiger partial charge in [-0.15, -0.1) is 0 Å². The molecule has 0 saturated carbocycles. The summed E-state index contributed by atoms with van der Waals surface area (Å²) < 4.78 is 13.1. The molecule has 34 heavy (non-hydrogen) atoms. The first-order valence-electron chi connectivity index (χ1n) is 10.8. The van der Waals surface area contributed by atoms with Crippen molar-refractivity contribution in [3.63, 3.8) is 0 Å². The largest absolute Gasteiger partial charge is 0.350 e. The van der Waals surface area contributed by atoms with E-state index in [9.17, 15) is 23.6 Å². The molecule has 9 heteroatoms. The zero-order chi connectivity index (χ0) is 25.1. The molecule has 2 aromatic rings. The van der Waals surface area contributed by atoms with Gasteiger partial charge in [-0.3, -0.25) is 19.2 Å². The van der Waals surface area contributed by atoms with Crippen LogP contribution >= 0.6 is 0 Å². The van der Waals surface area contributed by atoms with Crippen LogP contribution in [0.1, 0.15) is 30.9 Å². The van der Waals surface area contributed by atoms with Crippen molar-refractivity contribution in [2.24, 2.45) is 0 Å². The second kappa shape index (κ2) is 13.0. The summed E-state index contributed by atoms with van der Waals surface area (Å²) in [5.41, 5.74) is 1.50. The van der Waals surface area contributed by atoms with Crippen LogP contribution in [-0.4, -0.2) is 53.8 Å². The van der Waals surface area contributed by atoms with Crippen molar-refractivity contribution in [3.8, 4) is 0 Å². The molecule has 0 spiro atoms. The van der Waals surface area contributed by atoms with Gasteiger partial charge < -0.3 is 20.9 Å². The number of amides is 3. The van der Waals surface area contributed by atoms with Crippen molar-refractivity contribution in [2.45, 2.75) is 44.8 Å². The summed E-state index contributed by atoms with van der Waals surface area (Å²) in [7, 11) is 1.51. The number of nitrogens with zero attached hydrogens (tertiary/aromatic N) is 1. The second-order valence-corrected chi connectivity index (χ2v) is 7.89. The maximum absolute atomic E-state index is 13.2. The standard InChI is InChI=1S/C25H29FN4O4/c1-17(31)30(2)23(14-18-6-4-3-5-7-18)25(34)29-22(13-12-21(32)15-27)24(33)28-16-19-8-10-20(26)11-9-19/h3-11,15,22-23,27H,12-14,16H2,1-2H3,(H,28,33)(H,29,34)/t22-,23-/m0/s1. The van der Waals surface area contributed by atoms with Gasteiger partial charge in [0, 0.05) is 33.4 Å². The minimum atomic E-state index is -1.06. The number of hydrogen-bond acceptors (Lipinski definition) is 5. The lowest BCUT2D eigenvalue weighted by Gasteiger charge is -2.28. The molecule has 0 fully saturated rings. The molecule has 0 heterocycles. The van der Waals surface area contributed by atoms with Crippen LogP contribution in [0.5, 0.6) is 0 Å². The Labute approximate surface area is 198 Å². The summed E-state index contributed by atoms with van der Waals surface area (Å²) in [5, 5.41) is 12.4. The number of halogens is 1. The normalized spacial score (nSPS) is 12.2. The SMILES string of the molecule is CC(=O)N(C)[C@@H](Cc1ccccc1)C(=O)N[C@@H](CCC(=O)C=N)C(=O)NCc1ccc(F)cc1. The minimum Gasteiger partial charge on any atom is -0.350 e. The van der Waals surface area contributed by atoms with Crippen molar-refractivity contribution < 1.29 is 23.6 Å². The molecule has 0 aromatic heterocycles. The Morgan fingerprint density at radius 3 is 2.24 bits per heavy atom. The molecule has 2 aromatic carbocycles. The van der Waals surface area contributed by atoms with E-state index in [1.54, 1.807) is 0 Å². The van der Waals surface area contributed by atoms with E-state index in [-0.39, 0.29) is 31.7 Å². The van der Waals surface area contributed by atoms with Crippen LogP contribution in [0.25, 0.3) is 0 Å². The molecule has 8 nitrogen and oxygen atoms in total. The fourth-order valence-corrected chi connectivity index (χ4v) is 3.27. The van der Waals surface area contributed by atoms with Crippen molar-refractivity contribution >= 4 is 29.7 Å². The molecule has 0 aliphatic rings. The second-order valence-electron chi connectivity index (χ2n) is 7.89. The van der Waals surface area contributed by atoms with E-state index in [0.29, 0.717) is 11.8 Å². The van der Waals surface area contributed by atoms with Gasteiger partial charge in [0.2, 0.25) is 17.7 Å². The van der Waals surface area contributed by atoms with Gasteiger partial charge in [0.25, 0.3) is 0 Å². The molecule has 2 atom stereocenters. The fourth-order valence-electron chi connectivity index (χ4n) is 3.27. The lowest BCUT2D eigenvalue weighted by atomic mass is 10.0. The molecule has 0 saturated heterocycles. The van der Waals surface area contributed by atoms with Crippen LogP contribution in [-0.2, 0) is 32.1 Å². The highest BCUT2D eigenvalue weighted by Crippen LogP contribution is 2.10. The van der Waals surface area contributed by atoms with Gasteiger partial charge >= 0.3 is 0 Å². The van der Waals surface area contributed by atoms with Gasteiger partial charge in [-0.1, -0.05) is 42.5 Å². The Morgan fingerprint density at radius 2 is 1.65 bits per heavy atom. The number of nitrogens with one attached hydrogen (secondary N) is 3. The van der Waals surface area contributed by atoms with Crippen LogP contribution in [0.4, 0.5) is 4.39 Å². The summed E-state index contributed by atoms with van der Waals surface area (Å²) >= 11 is 0. The number of ketones is 1. The van der Waals surface area contributed by atoms with Gasteiger partial charge in [0.05, 0.1) is 6.21 Å². The Morgan fingerprint density at radius 1 is 1.00 bits per heavy atom. The van der Waals surface area contributed by atoms with Crippen molar-refractivity contribution in [1.29, 1.82) is 5.41 Å². The zero-order valence-electron chi connectivity index (χ0n) is 19.2. The van der Waals surface area contributed by atoms with Crippen LogP contribution in [0.2, 0.25) is 0 Å². The predicted octanol–water partition coefficient (Wildman–Crippen LogP) is 2.02. The van der Waals surface area contributed by atoms with E-state index in [1.165, 1.54) is 43.1 Å². The van der Waals surface area contributed by atoms with E-state index in [0.717, 1.165) is 5.56 Å². The topological polar surface area (TPSA) is 119 Å². The Bertz CT molecular complexity index is 1010. The summed E-state index contributed by atoms with van der Waals surface area (Å²) in [6, 6.07) is 12.8. The molecule has 3 amide bonds. The van der Waals surface area contributed by atoms with E-state index >= 15 is 0 Å². The molecule has 0 aliphatic heterocycles. The van der Waals surface area contributed by atoms with Gasteiger partial charge in [-0.25, -0.2) is 4.39 Å². The average Bonchev–Trinajstić information content (AvgIpc) is 2.84. The van der Waals surface area contributed by atoms with Gasteiger partial charge in [-0.05, 0) is 29.7 Å². The number of rotatable bonds is 12. The molecule has 3 N–H and O–H groups in total. The lowest BCUT2D eigenvalue weighted by molar-refractivity contribution is -0.138. The van der Waals surface area contributed by atoms with Gasteiger partial charge in [0.1, 0.15) is 17.9 Å². The van der Waals surface area contributed by atoms with E-state index in [2.05, 4.69) is 10.6 Å². The smallest absolute Gasteiger partial charge is 0.243 e. The molecular weight excluding hydrogens is 439 g/mol. The highest BCUT2D eigenvalue weighted by atomic mass is 19.1. The highest BCUT2D eigenvalue weighted by molar-refractivity contribution is 6.26. The maximum atomic E-state index is 13.2. The third-order valence-corrected chi connectivity index (χ3v) is 5.39. The van der Waals surface area contributed by atoms with Crippen molar-refractivity contribution in [1.82, 2.24) is 15.5 Å². The molecule has 0 aliphatic carbocycles. The fraction of sp³-hybridized carbons (Fsp3) is 0.320. The Balaban J connectivity index is 2.16. The van der Waals surface area contributed by atoms with E-state index in [1.807, 2.05) is 30.3 Å². The minimum absolute atomic E-state index is 0.0168. The molecule has 0 unspecified atom stereocenters. The van der Waals surface area contributed by atoms with Crippen LogP contribution in [0, 0.1) is 11.2 Å². The van der Waals surface area contributed by atoms with Gasteiger partial charge in [-0.2, -0.15) is 0 Å². The third kappa shape index (κ3) is 8.23. The quantitative estimate of drug-likeness (QED) is 0.413. The molecule has 0 radical (unpaired) electrons. The average molecular weight is 469 g/mol. The summed E-state index contributed by atoms with van der Waals surface area (Å²) in [6.45, 7) is 1.45. The van der Waals surface area contributed by atoms with E-state index < -0.39 is 35.5 Å². The van der Waals surface area contributed by atoms with Crippen molar-refractivity contribution in [3.05, 3.63) is 71.5 Å². The summed E-state index contributed by atoms with van der Waals surface area (Å²) in [6.07, 6.45) is 0.782. The number of carbonyl (C=O) groups excluding carboxylic acids is 4. The number of carbonyl (C=O) groups is 4. The predicted molar refractivity (Wildman–Crippen MR) is 126 cm³/mol. The van der Waals surface area contributed by atoms with Crippen LogP contribution in [0.3, 0.4) is 0 Å². The molecule has 2 rings (SSSR count). The zero-order valence-corrected chi connectivity index (χ0v) is 19.2. The number of benzene rings is 2. The number of likely N-dealkylation sites (N-methyl/N-ethyl adjacent to an activating group) is 1. The Hall–Kier alpha value is -3.88. The monoisotopic (exact) mass is 468 g/mol. The maximum Gasteiger partial charge on any atom is 0.243 e. The van der Waals surface area contributed by atoms with E-state index in [4.69, 9.17) is 5.41 Å². The lowest BCUT2D eigenvalue weighted by Crippen LogP contribution is -2.54. The Kier molecular flexibility index (Phi) is 10.1. The molecular formula is C25H29FN4O4. The molecule has 180 valence electrons. The first-order chi connectivity index (χ1) is 16.2. The molecule has 0 bridgehead atoms. The first-order valence-corrected chi connectivity index (χ1v) is 10.8. The summed E-state index contributed by atoms with van der Waals surface area (Å²) in [4.78, 5) is 51.0.